The van der Waals surface area contributed by atoms with Gasteiger partial charge in [-0.1, -0.05) is 24.3 Å². The second-order valence-electron chi connectivity index (χ2n) is 7.15. The molecule has 2 heterocycles. The van der Waals surface area contributed by atoms with Crippen LogP contribution in [0.1, 0.15) is 15.9 Å². The number of amides is 2. The van der Waals surface area contributed by atoms with Crippen LogP contribution in [0.3, 0.4) is 0 Å². The summed E-state index contributed by atoms with van der Waals surface area (Å²) in [6.45, 7) is 8.80. The van der Waals surface area contributed by atoms with Crippen molar-refractivity contribution in [1.82, 2.24) is 10.2 Å². The van der Waals surface area contributed by atoms with Gasteiger partial charge < -0.3 is 10.2 Å². The molecule has 0 spiro atoms. The fraction of sp³-hybridized carbons (Fsp3) is 0.217. The maximum Gasteiger partial charge on any atom is 0.260 e. The molecule has 0 saturated carbocycles. The van der Waals surface area contributed by atoms with Crippen LogP contribution < -0.4 is 15.5 Å². The molecule has 2 aromatic rings. The highest BCUT2D eigenvalue weighted by Crippen LogP contribution is 2.25. The van der Waals surface area contributed by atoms with Gasteiger partial charge in [0.05, 0.1) is 5.57 Å². The third-order valence-corrected chi connectivity index (χ3v) is 5.31. The summed E-state index contributed by atoms with van der Waals surface area (Å²) in [6, 6.07) is 15.3. The zero-order chi connectivity index (χ0) is 20.2. The predicted octanol–water partition coefficient (Wildman–Crippen LogP) is 2.72. The third kappa shape index (κ3) is 4.07. The van der Waals surface area contributed by atoms with Crippen molar-refractivity contribution in [2.24, 2.45) is 0 Å². The Morgan fingerprint density at radius 3 is 2.31 bits per heavy atom. The summed E-state index contributed by atoms with van der Waals surface area (Å²) in [4.78, 5) is 29.0. The number of rotatable bonds is 5. The molecule has 29 heavy (non-hydrogen) atoms. The summed E-state index contributed by atoms with van der Waals surface area (Å²) >= 11 is 0. The van der Waals surface area contributed by atoms with Crippen molar-refractivity contribution < 1.29 is 9.59 Å². The van der Waals surface area contributed by atoms with E-state index in [2.05, 4.69) is 39.1 Å². The van der Waals surface area contributed by atoms with Crippen LogP contribution in [0.15, 0.2) is 67.4 Å². The Balaban J connectivity index is 1.44. The lowest BCUT2D eigenvalue weighted by Crippen LogP contribution is -2.46. The van der Waals surface area contributed by atoms with Crippen molar-refractivity contribution in [3.8, 4) is 0 Å². The molecule has 6 nitrogen and oxygen atoms in total. The molecule has 4 rings (SSSR count). The van der Waals surface area contributed by atoms with Crippen LogP contribution in [-0.4, -0.2) is 49.4 Å². The smallest absolute Gasteiger partial charge is 0.260 e. The lowest BCUT2D eigenvalue weighted by Gasteiger charge is -2.35. The first-order chi connectivity index (χ1) is 14.2. The molecule has 0 radical (unpaired) electrons. The van der Waals surface area contributed by atoms with Gasteiger partial charge >= 0.3 is 0 Å². The molecule has 2 aliphatic rings. The minimum atomic E-state index is -0.393. The number of hydrogen-bond donors (Lipinski definition) is 2. The lowest BCUT2D eigenvalue weighted by molar-refractivity contribution is -0.114. The van der Waals surface area contributed by atoms with Crippen molar-refractivity contribution in [2.45, 2.75) is 0 Å². The number of carbonyl (C=O) groups is 2. The first kappa shape index (κ1) is 19.0. The first-order valence-electron chi connectivity index (χ1n) is 9.76. The Kier molecular flexibility index (Phi) is 5.44. The molecule has 2 amide bonds. The molecule has 2 N–H and O–H groups in total. The van der Waals surface area contributed by atoms with E-state index in [0.29, 0.717) is 16.7 Å². The Bertz CT molecular complexity index is 957. The number of hydrogen-bond acceptors (Lipinski definition) is 5. The second kappa shape index (κ2) is 8.32. The average molecular weight is 388 g/mol. The zero-order valence-corrected chi connectivity index (χ0v) is 16.2. The highest BCUT2D eigenvalue weighted by atomic mass is 16.2. The standard InChI is InChI=1S/C23H24N4O2/c1-2-11-26-12-14-27(15-13-26)18-9-7-17(8-10-18)24-16-21-19-5-3-4-6-20(19)22(28)25-23(21)29/h2-10,16,24H,1,11-15H2,(H,25,28,29)/b21-16-. The average Bonchev–Trinajstić information content (AvgIpc) is 2.75. The van der Waals surface area contributed by atoms with E-state index in [9.17, 15) is 9.59 Å². The van der Waals surface area contributed by atoms with Gasteiger partial charge in [-0.05, 0) is 30.3 Å². The van der Waals surface area contributed by atoms with Crippen LogP contribution in [0.2, 0.25) is 0 Å². The van der Waals surface area contributed by atoms with Gasteiger partial charge in [-0.3, -0.25) is 19.8 Å². The minimum absolute atomic E-state index is 0.361. The maximum atomic E-state index is 12.3. The normalized spacial score (nSPS) is 18.3. The molecular formula is C23H24N4O2. The highest BCUT2D eigenvalue weighted by molar-refractivity contribution is 6.31. The quantitative estimate of drug-likeness (QED) is 0.468. The van der Waals surface area contributed by atoms with Crippen LogP contribution >= 0.6 is 0 Å². The number of anilines is 2. The van der Waals surface area contributed by atoms with Crippen molar-refractivity contribution in [1.29, 1.82) is 0 Å². The number of nitrogens with zero attached hydrogens (tertiary/aromatic N) is 2. The molecule has 148 valence electrons. The summed E-state index contributed by atoms with van der Waals surface area (Å²) in [5.41, 5.74) is 3.66. The first-order valence-corrected chi connectivity index (χ1v) is 9.76. The predicted molar refractivity (Wildman–Crippen MR) is 116 cm³/mol. The lowest BCUT2D eigenvalue weighted by atomic mass is 9.96. The van der Waals surface area contributed by atoms with Gasteiger partial charge in [0.1, 0.15) is 0 Å². The number of imide groups is 1. The van der Waals surface area contributed by atoms with E-state index in [1.165, 1.54) is 5.69 Å². The summed E-state index contributed by atoms with van der Waals surface area (Å²) in [6.07, 6.45) is 3.61. The van der Waals surface area contributed by atoms with Crippen LogP contribution in [-0.2, 0) is 4.79 Å². The highest BCUT2D eigenvalue weighted by Gasteiger charge is 2.26. The fourth-order valence-corrected chi connectivity index (χ4v) is 3.71. The molecule has 2 aromatic carbocycles. The number of carbonyl (C=O) groups excluding carboxylic acids is 2. The Morgan fingerprint density at radius 2 is 1.62 bits per heavy atom. The molecule has 0 atom stereocenters. The molecule has 1 fully saturated rings. The van der Waals surface area contributed by atoms with Gasteiger partial charge in [0.2, 0.25) is 0 Å². The summed E-state index contributed by atoms with van der Waals surface area (Å²) < 4.78 is 0. The molecule has 0 unspecified atom stereocenters. The van der Waals surface area contributed by atoms with E-state index in [0.717, 1.165) is 38.4 Å². The third-order valence-electron chi connectivity index (χ3n) is 5.31. The van der Waals surface area contributed by atoms with Gasteiger partial charge in [-0.2, -0.15) is 0 Å². The Hall–Kier alpha value is -3.38. The molecule has 0 bridgehead atoms. The topological polar surface area (TPSA) is 64.7 Å². The van der Waals surface area contributed by atoms with Gasteiger partial charge in [0.25, 0.3) is 11.8 Å². The van der Waals surface area contributed by atoms with Gasteiger partial charge in [-0.25, -0.2) is 0 Å². The van der Waals surface area contributed by atoms with E-state index < -0.39 is 5.91 Å². The molecular weight excluding hydrogens is 364 g/mol. The molecule has 2 aliphatic heterocycles. The number of fused-ring (bicyclic) bond motifs is 1. The minimum Gasteiger partial charge on any atom is -0.369 e. The molecule has 1 saturated heterocycles. The van der Waals surface area contributed by atoms with Crippen molar-refractivity contribution in [3.05, 3.63) is 78.5 Å². The van der Waals surface area contributed by atoms with E-state index in [4.69, 9.17) is 0 Å². The van der Waals surface area contributed by atoms with Gasteiger partial charge in [0, 0.05) is 61.4 Å². The van der Waals surface area contributed by atoms with Gasteiger partial charge in [-0.15, -0.1) is 6.58 Å². The molecule has 6 heteroatoms. The van der Waals surface area contributed by atoms with E-state index in [-0.39, 0.29) is 5.91 Å². The summed E-state index contributed by atoms with van der Waals surface area (Å²) in [7, 11) is 0. The van der Waals surface area contributed by atoms with Crippen LogP contribution in [0.4, 0.5) is 11.4 Å². The SMILES string of the molecule is C=CCN1CCN(c2ccc(N/C=C3\C(=O)NC(=O)c4ccccc43)cc2)CC1. The summed E-state index contributed by atoms with van der Waals surface area (Å²) in [5, 5.41) is 5.57. The number of benzene rings is 2. The second-order valence-corrected chi connectivity index (χ2v) is 7.15. The largest absolute Gasteiger partial charge is 0.369 e. The number of nitrogens with one attached hydrogen (secondary N) is 2. The van der Waals surface area contributed by atoms with Crippen molar-refractivity contribution >= 4 is 28.8 Å². The zero-order valence-electron chi connectivity index (χ0n) is 16.2. The summed E-state index contributed by atoms with van der Waals surface area (Å²) in [5.74, 6) is -0.754. The molecule has 0 aromatic heterocycles. The molecule has 0 aliphatic carbocycles. The van der Waals surface area contributed by atoms with Gasteiger partial charge in [0.15, 0.2) is 0 Å². The Labute approximate surface area is 170 Å². The monoisotopic (exact) mass is 388 g/mol. The van der Waals surface area contributed by atoms with E-state index >= 15 is 0 Å². The van der Waals surface area contributed by atoms with Crippen LogP contribution in [0.25, 0.3) is 5.57 Å². The van der Waals surface area contributed by atoms with Crippen molar-refractivity contribution in [3.63, 3.8) is 0 Å². The maximum absolute atomic E-state index is 12.3. The van der Waals surface area contributed by atoms with Crippen LogP contribution in [0.5, 0.6) is 0 Å². The van der Waals surface area contributed by atoms with E-state index in [1.54, 1.807) is 24.4 Å². The van der Waals surface area contributed by atoms with E-state index in [1.807, 2.05) is 24.3 Å². The number of piperazine rings is 1. The van der Waals surface area contributed by atoms with Crippen LogP contribution in [0, 0.1) is 0 Å². The Morgan fingerprint density at radius 1 is 0.931 bits per heavy atom. The van der Waals surface area contributed by atoms with Crippen molar-refractivity contribution in [2.75, 3.05) is 42.9 Å². The fourth-order valence-electron chi connectivity index (χ4n) is 3.71.